The number of rotatable bonds is 7. The van der Waals surface area contributed by atoms with E-state index < -0.39 is 6.10 Å². The van der Waals surface area contributed by atoms with Crippen LogP contribution in [0, 0.1) is 0 Å². The van der Waals surface area contributed by atoms with Crippen molar-refractivity contribution in [3.05, 3.63) is 23.8 Å². The first-order chi connectivity index (χ1) is 9.70. The molecule has 0 saturated carbocycles. The summed E-state index contributed by atoms with van der Waals surface area (Å²) in [7, 11) is 0. The Labute approximate surface area is 117 Å². The minimum Gasteiger partial charge on any atom is -0.454 e. The molecule has 0 aliphatic carbocycles. The third-order valence-corrected chi connectivity index (χ3v) is 2.96. The second-order valence-corrected chi connectivity index (χ2v) is 4.40. The highest BCUT2D eigenvalue weighted by Gasteiger charge is 2.16. The summed E-state index contributed by atoms with van der Waals surface area (Å²) < 4.78 is 15.4. The quantitative estimate of drug-likeness (QED) is 0.779. The Hall–Kier alpha value is -1.79. The third kappa shape index (κ3) is 3.85. The van der Waals surface area contributed by atoms with Crippen LogP contribution < -0.4 is 14.8 Å². The van der Waals surface area contributed by atoms with E-state index in [1.54, 1.807) is 18.2 Å². The molecule has 1 aromatic rings. The highest BCUT2D eigenvalue weighted by Crippen LogP contribution is 2.34. The summed E-state index contributed by atoms with van der Waals surface area (Å²) in [6.07, 6.45) is -0.228. The van der Waals surface area contributed by atoms with E-state index in [9.17, 15) is 9.90 Å². The van der Waals surface area contributed by atoms with Gasteiger partial charge in [-0.2, -0.15) is 0 Å². The normalized spacial score (nSPS) is 14.1. The maximum atomic E-state index is 11.3. The van der Waals surface area contributed by atoms with Crippen molar-refractivity contribution in [3.8, 4) is 11.5 Å². The number of aliphatic hydroxyl groups excluding tert-OH is 1. The van der Waals surface area contributed by atoms with E-state index in [4.69, 9.17) is 14.2 Å². The van der Waals surface area contributed by atoms with Gasteiger partial charge in [0, 0.05) is 13.2 Å². The number of fused-ring (bicyclic) bond motifs is 1. The van der Waals surface area contributed by atoms with Crippen LogP contribution in [0.25, 0.3) is 0 Å². The van der Waals surface area contributed by atoms with Gasteiger partial charge in [-0.15, -0.1) is 0 Å². The zero-order valence-electron chi connectivity index (χ0n) is 11.4. The van der Waals surface area contributed by atoms with Gasteiger partial charge in [-0.25, -0.2) is 0 Å². The van der Waals surface area contributed by atoms with Crippen LogP contribution in [-0.4, -0.2) is 37.6 Å². The fraction of sp³-hybridized carbons (Fsp3) is 0.500. The van der Waals surface area contributed by atoms with Crippen LogP contribution in [0.5, 0.6) is 11.5 Å². The number of amides is 1. The first-order valence-electron chi connectivity index (χ1n) is 6.62. The highest BCUT2D eigenvalue weighted by atomic mass is 16.7. The number of carbonyl (C=O) groups is 1. The van der Waals surface area contributed by atoms with Crippen LogP contribution in [0.2, 0.25) is 0 Å². The van der Waals surface area contributed by atoms with Gasteiger partial charge in [-0.05, 0) is 31.0 Å². The van der Waals surface area contributed by atoms with Crippen LogP contribution in [0.1, 0.15) is 25.0 Å². The molecule has 1 aromatic carbocycles. The van der Waals surface area contributed by atoms with Crippen LogP contribution >= 0.6 is 0 Å². The molecule has 2 rings (SSSR count). The second kappa shape index (κ2) is 7.12. The molecule has 0 saturated heterocycles. The predicted molar refractivity (Wildman–Crippen MR) is 71.6 cm³/mol. The van der Waals surface area contributed by atoms with Crippen molar-refractivity contribution in [3.63, 3.8) is 0 Å². The average molecular weight is 281 g/mol. The van der Waals surface area contributed by atoms with Crippen LogP contribution in [-0.2, 0) is 9.53 Å². The highest BCUT2D eigenvalue weighted by molar-refractivity contribution is 5.77. The van der Waals surface area contributed by atoms with Crippen molar-refractivity contribution < 1.29 is 24.1 Å². The number of aliphatic hydroxyl groups is 1. The van der Waals surface area contributed by atoms with Crippen molar-refractivity contribution in [1.82, 2.24) is 5.32 Å². The summed E-state index contributed by atoms with van der Waals surface area (Å²) >= 11 is 0. The molecule has 6 nitrogen and oxygen atoms in total. The Morgan fingerprint density at radius 2 is 2.25 bits per heavy atom. The maximum Gasteiger partial charge on any atom is 0.245 e. The molecule has 0 spiro atoms. The van der Waals surface area contributed by atoms with Gasteiger partial charge in [-0.3, -0.25) is 4.79 Å². The van der Waals surface area contributed by atoms with E-state index in [2.05, 4.69) is 5.32 Å². The molecule has 0 radical (unpaired) electrons. The lowest BCUT2D eigenvalue weighted by Crippen LogP contribution is -2.29. The number of benzene rings is 1. The molecule has 0 aromatic heterocycles. The summed E-state index contributed by atoms with van der Waals surface area (Å²) in [6, 6.07) is 5.32. The molecule has 110 valence electrons. The van der Waals surface area contributed by atoms with Crippen molar-refractivity contribution in [1.29, 1.82) is 0 Å². The fourth-order valence-corrected chi connectivity index (χ4v) is 1.88. The molecule has 1 heterocycles. The number of ether oxygens (including phenoxy) is 3. The van der Waals surface area contributed by atoms with E-state index in [-0.39, 0.29) is 19.3 Å². The lowest BCUT2D eigenvalue weighted by molar-refractivity contribution is -0.125. The summed E-state index contributed by atoms with van der Waals surface area (Å²) in [5, 5.41) is 12.8. The van der Waals surface area contributed by atoms with Gasteiger partial charge in [0.05, 0.1) is 6.10 Å². The number of carbonyl (C=O) groups excluding carboxylic acids is 1. The van der Waals surface area contributed by atoms with Crippen molar-refractivity contribution in [2.75, 3.05) is 26.6 Å². The summed E-state index contributed by atoms with van der Waals surface area (Å²) in [4.78, 5) is 11.3. The van der Waals surface area contributed by atoms with E-state index in [1.807, 2.05) is 6.92 Å². The lowest BCUT2D eigenvalue weighted by Gasteiger charge is -2.12. The van der Waals surface area contributed by atoms with Crippen LogP contribution in [0.4, 0.5) is 0 Å². The van der Waals surface area contributed by atoms with E-state index in [1.165, 1.54) is 0 Å². The monoisotopic (exact) mass is 281 g/mol. The molecule has 0 fully saturated rings. The van der Waals surface area contributed by atoms with Crippen molar-refractivity contribution >= 4 is 5.91 Å². The standard InChI is InChI=1S/C14H19NO5/c1-2-18-8-14(17)15-6-5-11(16)10-3-4-12-13(7-10)20-9-19-12/h3-4,7,11,16H,2,5-6,8-9H2,1H3,(H,15,17)/t11-/m0/s1. The predicted octanol–water partition coefficient (Wildman–Crippen LogP) is 0.991. The summed E-state index contributed by atoms with van der Waals surface area (Å²) in [5.41, 5.74) is 0.744. The topological polar surface area (TPSA) is 77.0 Å². The minimum absolute atomic E-state index is 0.0522. The van der Waals surface area contributed by atoms with Gasteiger partial charge in [-0.1, -0.05) is 6.07 Å². The molecule has 1 aliphatic rings. The molecule has 0 unspecified atom stereocenters. The summed E-state index contributed by atoms with van der Waals surface area (Å²) in [5.74, 6) is 1.15. The largest absolute Gasteiger partial charge is 0.454 e. The molecule has 1 aliphatic heterocycles. The van der Waals surface area contributed by atoms with Crippen LogP contribution in [0.3, 0.4) is 0 Å². The molecule has 2 N–H and O–H groups in total. The fourth-order valence-electron chi connectivity index (χ4n) is 1.88. The van der Waals surface area contributed by atoms with E-state index >= 15 is 0 Å². The van der Waals surface area contributed by atoms with E-state index in [0.717, 1.165) is 5.56 Å². The van der Waals surface area contributed by atoms with Crippen molar-refractivity contribution in [2.24, 2.45) is 0 Å². The SMILES string of the molecule is CCOCC(=O)NCC[C@H](O)c1ccc2c(c1)OCO2. The third-order valence-electron chi connectivity index (χ3n) is 2.96. The van der Waals surface area contributed by atoms with Gasteiger partial charge in [0.15, 0.2) is 11.5 Å². The first-order valence-corrected chi connectivity index (χ1v) is 6.62. The van der Waals surface area contributed by atoms with Crippen LogP contribution in [0.15, 0.2) is 18.2 Å². The number of hydrogen-bond donors (Lipinski definition) is 2. The smallest absolute Gasteiger partial charge is 0.245 e. The van der Waals surface area contributed by atoms with Gasteiger partial charge in [0.2, 0.25) is 12.7 Å². The number of hydrogen-bond acceptors (Lipinski definition) is 5. The first kappa shape index (κ1) is 14.6. The Morgan fingerprint density at radius 3 is 3.05 bits per heavy atom. The van der Waals surface area contributed by atoms with Crippen molar-refractivity contribution in [2.45, 2.75) is 19.4 Å². The molecule has 20 heavy (non-hydrogen) atoms. The van der Waals surface area contributed by atoms with Gasteiger partial charge >= 0.3 is 0 Å². The molecule has 1 atom stereocenters. The Balaban J connectivity index is 1.77. The molecule has 0 bridgehead atoms. The Bertz CT molecular complexity index is 463. The second-order valence-electron chi connectivity index (χ2n) is 4.40. The van der Waals surface area contributed by atoms with Gasteiger partial charge in [0.25, 0.3) is 0 Å². The summed E-state index contributed by atoms with van der Waals surface area (Å²) in [6.45, 7) is 2.99. The Morgan fingerprint density at radius 1 is 1.45 bits per heavy atom. The zero-order valence-corrected chi connectivity index (χ0v) is 11.4. The molecule has 6 heteroatoms. The zero-order chi connectivity index (χ0) is 14.4. The van der Waals surface area contributed by atoms with Gasteiger partial charge < -0.3 is 24.6 Å². The molecule has 1 amide bonds. The molecular formula is C14H19NO5. The minimum atomic E-state index is -0.656. The van der Waals surface area contributed by atoms with Gasteiger partial charge in [0.1, 0.15) is 6.61 Å². The Kier molecular flexibility index (Phi) is 5.20. The van der Waals surface area contributed by atoms with E-state index in [0.29, 0.717) is 31.1 Å². The lowest BCUT2D eigenvalue weighted by atomic mass is 10.1. The maximum absolute atomic E-state index is 11.3. The molecular weight excluding hydrogens is 262 g/mol. The number of nitrogens with one attached hydrogen (secondary N) is 1. The average Bonchev–Trinajstić information content (AvgIpc) is 2.92.